The highest BCUT2D eigenvalue weighted by molar-refractivity contribution is 14.1. The minimum absolute atomic E-state index is 0.176. The first-order chi connectivity index (χ1) is 13.5. The van der Waals surface area contributed by atoms with Crippen LogP contribution in [0, 0.1) is 3.57 Å². The van der Waals surface area contributed by atoms with Gasteiger partial charge >= 0.3 is 0 Å². The molecule has 0 amide bonds. The minimum Gasteiger partial charge on any atom is -0.508 e. The van der Waals surface area contributed by atoms with E-state index >= 15 is 0 Å². The second-order valence-corrected chi connectivity index (χ2v) is 7.65. The van der Waals surface area contributed by atoms with Crippen molar-refractivity contribution in [3.05, 3.63) is 40.0 Å². The number of ether oxygens (including phenoxy) is 1. The van der Waals surface area contributed by atoms with Crippen LogP contribution in [0.5, 0.6) is 5.75 Å². The van der Waals surface area contributed by atoms with Gasteiger partial charge in [-0.3, -0.25) is 4.57 Å². The molecule has 4 atom stereocenters. The third-order valence-corrected chi connectivity index (χ3v) is 5.31. The second-order valence-electron chi connectivity index (χ2n) is 6.40. The van der Waals surface area contributed by atoms with E-state index in [1.165, 1.54) is 17.2 Å². The molecule has 4 rings (SSSR count). The molecule has 1 aliphatic rings. The summed E-state index contributed by atoms with van der Waals surface area (Å²) in [5, 5.41) is 42.6. The topological polar surface area (TPSA) is 146 Å². The lowest BCUT2D eigenvalue weighted by atomic mass is 10.1. The second kappa shape index (κ2) is 7.75. The van der Waals surface area contributed by atoms with Crippen LogP contribution in [-0.4, -0.2) is 64.9 Å². The van der Waals surface area contributed by atoms with Crippen LogP contribution in [0.3, 0.4) is 0 Å². The summed E-state index contributed by atoms with van der Waals surface area (Å²) in [6, 6.07) is 5.30. The number of phenols is 1. The zero-order valence-electron chi connectivity index (χ0n) is 14.5. The van der Waals surface area contributed by atoms with Crippen molar-refractivity contribution in [2.75, 3.05) is 11.9 Å². The van der Waals surface area contributed by atoms with E-state index in [-0.39, 0.29) is 5.75 Å². The Balaban J connectivity index is 1.61. The van der Waals surface area contributed by atoms with E-state index in [1.807, 2.05) is 12.1 Å². The number of fused-ring (bicyclic) bond motifs is 1. The molecule has 0 aliphatic carbocycles. The molecule has 1 saturated heterocycles. The number of aromatic nitrogens is 4. The van der Waals surface area contributed by atoms with E-state index in [1.54, 1.807) is 6.07 Å². The fraction of sp³-hybridized carbons (Fsp3) is 0.353. The Kier molecular flexibility index (Phi) is 5.33. The molecular formula is C17H18IN5O5. The molecule has 148 valence electrons. The van der Waals surface area contributed by atoms with Gasteiger partial charge in [0.2, 0.25) is 0 Å². The number of phenolic OH excluding ortho intramolecular Hbond substituents is 1. The molecule has 2 aromatic heterocycles. The highest BCUT2D eigenvalue weighted by atomic mass is 127. The Morgan fingerprint density at radius 2 is 2.00 bits per heavy atom. The number of benzene rings is 1. The molecule has 3 heterocycles. The quantitative estimate of drug-likeness (QED) is 0.314. The molecule has 1 aliphatic heterocycles. The molecule has 1 unspecified atom stereocenters. The summed E-state index contributed by atoms with van der Waals surface area (Å²) in [6.07, 6.45) is -1.48. The molecule has 1 aromatic carbocycles. The monoisotopic (exact) mass is 499 g/mol. The lowest BCUT2D eigenvalue weighted by Crippen LogP contribution is -2.33. The largest absolute Gasteiger partial charge is 0.508 e. The smallest absolute Gasteiger partial charge is 0.167 e. The Bertz CT molecular complexity index is 999. The molecule has 0 spiro atoms. The van der Waals surface area contributed by atoms with Gasteiger partial charge in [0.25, 0.3) is 0 Å². The Morgan fingerprint density at radius 1 is 1.18 bits per heavy atom. The van der Waals surface area contributed by atoms with Crippen molar-refractivity contribution < 1.29 is 25.2 Å². The van der Waals surface area contributed by atoms with Crippen molar-refractivity contribution in [2.24, 2.45) is 0 Å². The number of imidazole rings is 1. The van der Waals surface area contributed by atoms with Gasteiger partial charge in [-0.25, -0.2) is 15.0 Å². The first-order valence-electron chi connectivity index (χ1n) is 8.51. The molecule has 1 fully saturated rings. The molecule has 11 heteroatoms. The van der Waals surface area contributed by atoms with Crippen molar-refractivity contribution in [2.45, 2.75) is 31.1 Å². The zero-order chi connectivity index (χ0) is 19.8. The number of aliphatic hydroxyl groups excluding tert-OH is 3. The van der Waals surface area contributed by atoms with Crippen molar-refractivity contribution in [1.82, 2.24) is 19.5 Å². The van der Waals surface area contributed by atoms with Gasteiger partial charge in [0, 0.05) is 15.7 Å². The standard InChI is InChI=1S/C17H18IN5O5/c18-9-1-2-10(25)8(3-9)4-19-15-12-16(21-6-20-15)23(7-22-12)17-14(27)13(26)11(5-24)28-17/h1-3,6-7,11,13-14,17,24-27H,4-5H2,(H,19,20,21)/t11-,13-,14-,17?/m1/s1. The van der Waals surface area contributed by atoms with Crippen molar-refractivity contribution in [1.29, 1.82) is 0 Å². The van der Waals surface area contributed by atoms with E-state index in [0.717, 1.165) is 3.57 Å². The summed E-state index contributed by atoms with van der Waals surface area (Å²) in [4.78, 5) is 12.7. The van der Waals surface area contributed by atoms with Crippen LogP contribution < -0.4 is 5.32 Å². The molecular weight excluding hydrogens is 481 g/mol. The summed E-state index contributed by atoms with van der Waals surface area (Å²) in [5.41, 5.74) is 1.56. The number of anilines is 1. The first kappa shape index (κ1) is 19.3. The zero-order valence-corrected chi connectivity index (χ0v) is 16.6. The molecule has 10 nitrogen and oxygen atoms in total. The Morgan fingerprint density at radius 3 is 2.75 bits per heavy atom. The molecule has 28 heavy (non-hydrogen) atoms. The number of halogens is 1. The fourth-order valence-electron chi connectivity index (χ4n) is 3.15. The van der Waals surface area contributed by atoms with E-state index < -0.39 is 31.1 Å². The fourth-order valence-corrected chi connectivity index (χ4v) is 3.71. The maximum absolute atomic E-state index is 10.2. The first-order valence-corrected chi connectivity index (χ1v) is 9.58. The third kappa shape index (κ3) is 3.39. The van der Waals surface area contributed by atoms with Gasteiger partial charge < -0.3 is 30.5 Å². The van der Waals surface area contributed by atoms with Crippen LogP contribution >= 0.6 is 22.6 Å². The molecule has 0 saturated carbocycles. The van der Waals surface area contributed by atoms with Gasteiger partial charge in [-0.1, -0.05) is 0 Å². The lowest BCUT2D eigenvalue weighted by molar-refractivity contribution is -0.0511. The number of rotatable bonds is 5. The third-order valence-electron chi connectivity index (χ3n) is 4.64. The number of nitrogens with zero attached hydrogens (tertiary/aromatic N) is 4. The minimum atomic E-state index is -1.23. The van der Waals surface area contributed by atoms with Crippen molar-refractivity contribution >= 4 is 39.6 Å². The average molecular weight is 499 g/mol. The van der Waals surface area contributed by atoms with E-state index in [0.29, 0.717) is 29.1 Å². The van der Waals surface area contributed by atoms with Gasteiger partial charge in [-0.2, -0.15) is 0 Å². The summed E-state index contributed by atoms with van der Waals surface area (Å²) in [6.45, 7) is -0.0853. The van der Waals surface area contributed by atoms with E-state index in [2.05, 4.69) is 42.9 Å². The molecule has 0 radical (unpaired) electrons. The van der Waals surface area contributed by atoms with Crippen molar-refractivity contribution in [3.63, 3.8) is 0 Å². The number of nitrogens with one attached hydrogen (secondary N) is 1. The van der Waals surface area contributed by atoms with Crippen LogP contribution in [0.15, 0.2) is 30.9 Å². The number of aliphatic hydroxyl groups is 3. The number of aromatic hydroxyl groups is 1. The van der Waals surface area contributed by atoms with E-state index in [9.17, 15) is 20.4 Å². The molecule has 5 N–H and O–H groups in total. The number of hydrogen-bond acceptors (Lipinski definition) is 9. The SMILES string of the molecule is OC[C@H]1OC(n2cnc3c(NCc4cc(I)ccc4O)ncnc32)[C@H](O)[C@@H]1O. The van der Waals surface area contributed by atoms with Gasteiger partial charge in [0.1, 0.15) is 30.4 Å². The number of hydrogen-bond donors (Lipinski definition) is 5. The maximum Gasteiger partial charge on any atom is 0.167 e. The highest BCUT2D eigenvalue weighted by Crippen LogP contribution is 2.32. The summed E-state index contributed by atoms with van der Waals surface area (Å²) < 4.78 is 8.03. The summed E-state index contributed by atoms with van der Waals surface area (Å²) in [7, 11) is 0. The Labute approximate surface area is 173 Å². The molecule has 0 bridgehead atoms. The highest BCUT2D eigenvalue weighted by Gasteiger charge is 2.44. The predicted octanol–water partition coefficient (Wildman–Crippen LogP) is 0.360. The normalized spacial score (nSPS) is 24.7. The van der Waals surface area contributed by atoms with Gasteiger partial charge in [0.05, 0.1) is 12.9 Å². The lowest BCUT2D eigenvalue weighted by Gasteiger charge is -2.16. The molecule has 3 aromatic rings. The van der Waals surface area contributed by atoms with Crippen LogP contribution in [0.25, 0.3) is 11.2 Å². The average Bonchev–Trinajstić information content (AvgIpc) is 3.24. The van der Waals surface area contributed by atoms with Crippen LogP contribution in [0.4, 0.5) is 5.82 Å². The van der Waals surface area contributed by atoms with E-state index in [4.69, 9.17) is 4.74 Å². The predicted molar refractivity (Wildman–Crippen MR) is 106 cm³/mol. The maximum atomic E-state index is 10.2. The van der Waals surface area contributed by atoms with Crippen molar-refractivity contribution in [3.8, 4) is 5.75 Å². The summed E-state index contributed by atoms with van der Waals surface area (Å²) >= 11 is 2.17. The Hall–Kier alpha value is -2.06. The van der Waals surface area contributed by atoms with Gasteiger partial charge in [0.15, 0.2) is 23.2 Å². The van der Waals surface area contributed by atoms with Gasteiger partial charge in [-0.15, -0.1) is 0 Å². The van der Waals surface area contributed by atoms with Crippen LogP contribution in [0.1, 0.15) is 11.8 Å². The van der Waals surface area contributed by atoms with Crippen LogP contribution in [0.2, 0.25) is 0 Å². The summed E-state index contributed by atoms with van der Waals surface area (Å²) in [5.74, 6) is 0.629. The van der Waals surface area contributed by atoms with Gasteiger partial charge in [-0.05, 0) is 40.8 Å². The van der Waals surface area contributed by atoms with Crippen LogP contribution in [-0.2, 0) is 11.3 Å².